The monoisotopic (exact) mass is 304 g/mol. The van der Waals surface area contributed by atoms with Crippen molar-refractivity contribution in [3.63, 3.8) is 0 Å². The lowest BCUT2D eigenvalue weighted by Gasteiger charge is -2.31. The molecule has 112 valence electrons. The Kier molecular flexibility index (Phi) is 4.28. The number of morpholine rings is 1. The normalized spacial score (nSPS) is 21.1. The molecule has 0 aliphatic carbocycles. The summed E-state index contributed by atoms with van der Waals surface area (Å²) < 4.78 is 44.9. The highest BCUT2D eigenvalue weighted by Crippen LogP contribution is 2.24. The Hall–Kier alpha value is -1.22. The number of benzene rings is 1. The number of rotatable bonds is 3. The molecule has 0 bridgehead atoms. The Labute approximate surface area is 117 Å². The van der Waals surface area contributed by atoms with Crippen LogP contribution in [0.1, 0.15) is 5.56 Å². The Bertz CT molecular complexity index is 582. The van der Waals surface area contributed by atoms with E-state index < -0.39 is 21.9 Å². The molecule has 2 rings (SSSR count). The number of nitrogens with two attached hydrogens (primary N) is 1. The van der Waals surface area contributed by atoms with Gasteiger partial charge in [0.2, 0.25) is 10.0 Å². The summed E-state index contributed by atoms with van der Waals surface area (Å²) in [7, 11) is -3.84. The van der Waals surface area contributed by atoms with E-state index in [4.69, 9.17) is 15.6 Å². The van der Waals surface area contributed by atoms with Gasteiger partial charge in [0.25, 0.3) is 0 Å². The van der Waals surface area contributed by atoms with Crippen molar-refractivity contribution in [3.8, 4) is 0 Å². The molecule has 1 heterocycles. The molecule has 1 aromatic carbocycles. The number of aliphatic hydroxyl groups excluding tert-OH is 1. The van der Waals surface area contributed by atoms with Crippen LogP contribution >= 0.6 is 0 Å². The highest BCUT2D eigenvalue weighted by molar-refractivity contribution is 7.89. The number of halogens is 1. The van der Waals surface area contributed by atoms with E-state index in [0.717, 1.165) is 6.07 Å². The second-order valence-electron chi connectivity index (χ2n) is 4.66. The fourth-order valence-electron chi connectivity index (χ4n) is 1.99. The zero-order valence-electron chi connectivity index (χ0n) is 11.0. The van der Waals surface area contributed by atoms with Gasteiger partial charge in [0.05, 0.1) is 24.2 Å². The number of hydrogen-bond donors (Lipinski definition) is 2. The molecule has 8 heteroatoms. The van der Waals surface area contributed by atoms with Gasteiger partial charge >= 0.3 is 0 Å². The Morgan fingerprint density at radius 3 is 2.85 bits per heavy atom. The van der Waals surface area contributed by atoms with Gasteiger partial charge in [-0.15, -0.1) is 0 Å². The summed E-state index contributed by atoms with van der Waals surface area (Å²) >= 11 is 0. The molecule has 1 aliphatic rings. The van der Waals surface area contributed by atoms with Crippen LogP contribution in [0, 0.1) is 12.7 Å². The van der Waals surface area contributed by atoms with Crippen molar-refractivity contribution < 1.29 is 22.7 Å². The summed E-state index contributed by atoms with van der Waals surface area (Å²) in [5.41, 5.74) is 5.93. The molecule has 0 amide bonds. The smallest absolute Gasteiger partial charge is 0.243 e. The van der Waals surface area contributed by atoms with Crippen LogP contribution in [0.2, 0.25) is 0 Å². The highest BCUT2D eigenvalue weighted by Gasteiger charge is 2.31. The van der Waals surface area contributed by atoms with Gasteiger partial charge in [0.1, 0.15) is 5.82 Å². The molecule has 0 radical (unpaired) electrons. The van der Waals surface area contributed by atoms with Gasteiger partial charge in [0.15, 0.2) is 0 Å². The third-order valence-corrected chi connectivity index (χ3v) is 5.14. The number of anilines is 1. The van der Waals surface area contributed by atoms with E-state index in [1.807, 2.05) is 0 Å². The number of sulfonamides is 1. The predicted octanol–water partition coefficient (Wildman–Crippen LogP) is 0.0981. The zero-order chi connectivity index (χ0) is 14.9. The molecule has 20 heavy (non-hydrogen) atoms. The number of hydrogen-bond acceptors (Lipinski definition) is 5. The molecule has 0 spiro atoms. The van der Waals surface area contributed by atoms with Crippen LogP contribution in [0.4, 0.5) is 10.1 Å². The summed E-state index contributed by atoms with van der Waals surface area (Å²) in [6.45, 7) is 1.60. The minimum absolute atomic E-state index is 0.0359. The number of nitrogen functional groups attached to an aromatic ring is 1. The second-order valence-corrected chi connectivity index (χ2v) is 6.60. The largest absolute Gasteiger partial charge is 0.398 e. The first-order chi connectivity index (χ1) is 9.36. The molecule has 1 atom stereocenters. The third kappa shape index (κ3) is 2.78. The molecule has 1 aliphatic heterocycles. The highest BCUT2D eigenvalue weighted by atomic mass is 32.2. The molecule has 1 saturated heterocycles. The first-order valence-electron chi connectivity index (χ1n) is 6.14. The standard InChI is InChI=1S/C12H17FN2O4S/c1-8-11(13)4-10(5-12(8)14)20(17,18)15-2-3-19-9(6-15)7-16/h4-5,9,16H,2-3,6-7,14H2,1H3. The zero-order valence-corrected chi connectivity index (χ0v) is 11.9. The lowest BCUT2D eigenvalue weighted by atomic mass is 10.2. The second kappa shape index (κ2) is 5.65. The minimum atomic E-state index is -3.84. The van der Waals surface area contributed by atoms with Crippen molar-refractivity contribution in [2.75, 3.05) is 32.0 Å². The quantitative estimate of drug-likeness (QED) is 0.773. The number of nitrogens with zero attached hydrogens (tertiary/aromatic N) is 1. The van der Waals surface area contributed by atoms with Crippen molar-refractivity contribution in [3.05, 3.63) is 23.5 Å². The molecule has 1 unspecified atom stereocenters. The van der Waals surface area contributed by atoms with Gasteiger partial charge in [-0.25, -0.2) is 12.8 Å². The van der Waals surface area contributed by atoms with Crippen LogP contribution in [0.15, 0.2) is 17.0 Å². The van der Waals surface area contributed by atoms with Crippen LogP contribution in [0.25, 0.3) is 0 Å². The van der Waals surface area contributed by atoms with Crippen LogP contribution in [0.3, 0.4) is 0 Å². The number of aliphatic hydroxyl groups is 1. The van der Waals surface area contributed by atoms with Gasteiger partial charge < -0.3 is 15.6 Å². The Balaban J connectivity index is 2.35. The van der Waals surface area contributed by atoms with E-state index in [2.05, 4.69) is 0 Å². The predicted molar refractivity (Wildman–Crippen MR) is 71.1 cm³/mol. The van der Waals surface area contributed by atoms with Crippen molar-refractivity contribution in [1.82, 2.24) is 4.31 Å². The SMILES string of the molecule is Cc1c(N)cc(S(=O)(=O)N2CCOC(CO)C2)cc1F. The van der Waals surface area contributed by atoms with Gasteiger partial charge in [-0.05, 0) is 19.1 Å². The first kappa shape index (κ1) is 15.2. The molecule has 1 aromatic rings. The molecule has 1 fully saturated rings. The lowest BCUT2D eigenvalue weighted by molar-refractivity contribution is -0.0304. The van der Waals surface area contributed by atoms with E-state index in [9.17, 15) is 12.8 Å². The van der Waals surface area contributed by atoms with Gasteiger partial charge in [-0.1, -0.05) is 0 Å². The van der Waals surface area contributed by atoms with Crippen molar-refractivity contribution in [2.24, 2.45) is 0 Å². The summed E-state index contributed by atoms with van der Waals surface area (Å²) in [6, 6.07) is 2.21. The molecule has 0 aromatic heterocycles. The minimum Gasteiger partial charge on any atom is -0.398 e. The average molecular weight is 304 g/mol. The Morgan fingerprint density at radius 2 is 2.25 bits per heavy atom. The Morgan fingerprint density at radius 1 is 1.55 bits per heavy atom. The fourth-order valence-corrected chi connectivity index (χ4v) is 3.50. The van der Waals surface area contributed by atoms with Crippen LogP contribution in [0.5, 0.6) is 0 Å². The average Bonchev–Trinajstić information content (AvgIpc) is 2.44. The summed E-state index contributed by atoms with van der Waals surface area (Å²) in [6.07, 6.45) is -0.564. The maximum absolute atomic E-state index is 13.7. The molecule has 3 N–H and O–H groups in total. The van der Waals surface area contributed by atoms with Crippen LogP contribution in [-0.4, -0.2) is 50.2 Å². The summed E-state index contributed by atoms with van der Waals surface area (Å²) in [4.78, 5) is -0.184. The van der Waals surface area contributed by atoms with E-state index in [1.54, 1.807) is 0 Å². The molecular formula is C12H17FN2O4S. The topological polar surface area (TPSA) is 92.9 Å². The van der Waals surface area contributed by atoms with E-state index in [1.165, 1.54) is 17.3 Å². The van der Waals surface area contributed by atoms with E-state index >= 15 is 0 Å². The fraction of sp³-hybridized carbons (Fsp3) is 0.500. The molecule has 0 saturated carbocycles. The maximum atomic E-state index is 13.7. The lowest BCUT2D eigenvalue weighted by Crippen LogP contribution is -2.46. The van der Waals surface area contributed by atoms with Crippen molar-refractivity contribution >= 4 is 15.7 Å². The number of ether oxygens (including phenoxy) is 1. The van der Waals surface area contributed by atoms with Crippen molar-refractivity contribution in [1.29, 1.82) is 0 Å². The van der Waals surface area contributed by atoms with Gasteiger partial charge in [0, 0.05) is 24.3 Å². The van der Waals surface area contributed by atoms with E-state index in [0.29, 0.717) is 0 Å². The molecule has 6 nitrogen and oxygen atoms in total. The summed E-state index contributed by atoms with van der Waals surface area (Å²) in [5, 5.41) is 9.04. The van der Waals surface area contributed by atoms with Gasteiger partial charge in [-0.2, -0.15) is 4.31 Å². The van der Waals surface area contributed by atoms with Gasteiger partial charge in [-0.3, -0.25) is 0 Å². The van der Waals surface area contributed by atoms with E-state index in [-0.39, 0.29) is 42.4 Å². The van der Waals surface area contributed by atoms with Crippen molar-refractivity contribution in [2.45, 2.75) is 17.9 Å². The summed E-state index contributed by atoms with van der Waals surface area (Å²) in [5.74, 6) is -0.657. The molecular weight excluding hydrogens is 287 g/mol. The third-order valence-electron chi connectivity index (χ3n) is 3.30. The first-order valence-corrected chi connectivity index (χ1v) is 7.58. The van der Waals surface area contributed by atoms with Crippen LogP contribution < -0.4 is 5.73 Å². The maximum Gasteiger partial charge on any atom is 0.243 e. The van der Waals surface area contributed by atoms with Crippen LogP contribution in [-0.2, 0) is 14.8 Å².